The largest absolute Gasteiger partial charge is 0.494 e. The van der Waals surface area contributed by atoms with Crippen LogP contribution in [0.3, 0.4) is 0 Å². The van der Waals surface area contributed by atoms with E-state index in [1.807, 2.05) is 49.4 Å². The first-order valence-corrected chi connectivity index (χ1v) is 11.5. The maximum absolute atomic E-state index is 6.52. The van der Waals surface area contributed by atoms with Gasteiger partial charge in [0.2, 0.25) is 0 Å². The van der Waals surface area contributed by atoms with Crippen molar-refractivity contribution >= 4 is 28.6 Å². The molecule has 3 aromatic rings. The van der Waals surface area contributed by atoms with Gasteiger partial charge in [-0.25, -0.2) is 4.99 Å². The Labute approximate surface area is 186 Å². The van der Waals surface area contributed by atoms with Crippen molar-refractivity contribution in [2.24, 2.45) is 4.99 Å². The molecule has 0 unspecified atom stereocenters. The van der Waals surface area contributed by atoms with Crippen LogP contribution in [0, 0.1) is 0 Å². The summed E-state index contributed by atoms with van der Waals surface area (Å²) in [6, 6.07) is 15.9. The van der Waals surface area contributed by atoms with Gasteiger partial charge >= 0.3 is 0 Å². The summed E-state index contributed by atoms with van der Waals surface area (Å²) in [6.07, 6.45) is 0. The molecule has 4 rings (SSSR count). The summed E-state index contributed by atoms with van der Waals surface area (Å²) in [5.41, 5.74) is 3.04. The fraction of sp³-hybridized carbons (Fsp3) is 0.348. The van der Waals surface area contributed by atoms with E-state index in [4.69, 9.17) is 26.1 Å². The van der Waals surface area contributed by atoms with Gasteiger partial charge in [-0.05, 0) is 37.3 Å². The molecule has 0 aliphatic carbocycles. The van der Waals surface area contributed by atoms with E-state index in [2.05, 4.69) is 20.9 Å². The molecule has 7 heteroatoms. The fourth-order valence-electron chi connectivity index (χ4n) is 3.48. The second kappa shape index (κ2) is 10.3. The van der Waals surface area contributed by atoms with Crippen molar-refractivity contribution in [3.63, 3.8) is 0 Å². The Morgan fingerprint density at radius 3 is 2.57 bits per heavy atom. The minimum absolute atomic E-state index is 0.657. The number of aromatic nitrogens is 1. The Morgan fingerprint density at radius 1 is 1.07 bits per heavy atom. The van der Waals surface area contributed by atoms with Crippen LogP contribution in [0.2, 0.25) is 5.02 Å². The lowest BCUT2D eigenvalue weighted by Gasteiger charge is -2.27. The first kappa shape index (κ1) is 21.1. The number of halogens is 1. The number of thiazole rings is 1. The number of nitrogens with zero attached hydrogens (tertiary/aromatic N) is 3. The SMILES string of the molecule is CCOc1ccc(N=c2scc(-c3ccccc3Cl)n2CCN2CCOCC2)cc1. The monoisotopic (exact) mass is 443 g/mol. The summed E-state index contributed by atoms with van der Waals surface area (Å²) in [4.78, 5) is 8.32. The summed E-state index contributed by atoms with van der Waals surface area (Å²) in [5.74, 6) is 0.861. The Bertz CT molecular complexity index is 1020. The zero-order chi connectivity index (χ0) is 20.8. The second-order valence-corrected chi connectivity index (χ2v) is 8.27. The van der Waals surface area contributed by atoms with E-state index in [1.165, 1.54) is 0 Å². The van der Waals surface area contributed by atoms with E-state index < -0.39 is 0 Å². The number of hydrogen-bond acceptors (Lipinski definition) is 5. The molecule has 0 atom stereocenters. The summed E-state index contributed by atoms with van der Waals surface area (Å²) in [6.45, 7) is 7.98. The highest BCUT2D eigenvalue weighted by atomic mass is 35.5. The molecule has 158 valence electrons. The molecule has 1 saturated heterocycles. The average molecular weight is 444 g/mol. The molecule has 5 nitrogen and oxygen atoms in total. The van der Waals surface area contributed by atoms with E-state index in [0.29, 0.717) is 6.61 Å². The van der Waals surface area contributed by atoms with Gasteiger partial charge in [0.15, 0.2) is 4.80 Å². The van der Waals surface area contributed by atoms with Gasteiger partial charge in [0.25, 0.3) is 0 Å². The zero-order valence-electron chi connectivity index (χ0n) is 17.1. The highest BCUT2D eigenvalue weighted by molar-refractivity contribution is 7.07. The predicted molar refractivity (Wildman–Crippen MR) is 123 cm³/mol. The molecule has 2 aromatic carbocycles. The molecule has 0 radical (unpaired) electrons. The zero-order valence-corrected chi connectivity index (χ0v) is 18.7. The predicted octanol–water partition coefficient (Wildman–Crippen LogP) is 4.83. The standard InChI is InChI=1S/C23H26ClN3O2S/c1-2-29-19-9-7-18(8-10-19)25-23-27(12-11-26-13-15-28-16-14-26)22(17-30-23)20-5-3-4-6-21(20)24/h3-10,17H,2,11-16H2,1H3. The van der Waals surface area contributed by atoms with Crippen LogP contribution >= 0.6 is 22.9 Å². The third-order valence-electron chi connectivity index (χ3n) is 5.06. The van der Waals surface area contributed by atoms with Crippen LogP contribution in [0.1, 0.15) is 6.92 Å². The van der Waals surface area contributed by atoms with Crippen LogP contribution < -0.4 is 9.54 Å². The van der Waals surface area contributed by atoms with Crippen molar-refractivity contribution in [2.45, 2.75) is 13.5 Å². The van der Waals surface area contributed by atoms with Gasteiger partial charge in [-0.3, -0.25) is 4.90 Å². The molecule has 30 heavy (non-hydrogen) atoms. The van der Waals surface area contributed by atoms with Crippen LogP contribution in [-0.4, -0.2) is 48.9 Å². The first-order valence-electron chi connectivity index (χ1n) is 10.3. The van der Waals surface area contributed by atoms with E-state index in [1.54, 1.807) is 11.3 Å². The van der Waals surface area contributed by atoms with Crippen LogP contribution in [0.5, 0.6) is 5.75 Å². The molecular weight excluding hydrogens is 418 g/mol. The molecule has 0 spiro atoms. The van der Waals surface area contributed by atoms with Crippen molar-refractivity contribution < 1.29 is 9.47 Å². The molecule has 0 N–H and O–H groups in total. The fourth-order valence-corrected chi connectivity index (χ4v) is 4.66. The topological polar surface area (TPSA) is 39.0 Å². The summed E-state index contributed by atoms with van der Waals surface area (Å²) in [5, 5.41) is 2.90. The number of benzene rings is 2. The lowest BCUT2D eigenvalue weighted by Crippen LogP contribution is -2.39. The molecule has 1 aliphatic rings. The Kier molecular flexibility index (Phi) is 7.23. The third kappa shape index (κ3) is 5.13. The van der Waals surface area contributed by atoms with E-state index >= 15 is 0 Å². The molecule has 0 bridgehead atoms. The van der Waals surface area contributed by atoms with Gasteiger partial charge in [-0.1, -0.05) is 29.8 Å². The van der Waals surface area contributed by atoms with Gasteiger partial charge in [0.1, 0.15) is 5.75 Å². The molecule has 1 fully saturated rings. The highest BCUT2D eigenvalue weighted by Crippen LogP contribution is 2.28. The molecule has 2 heterocycles. The van der Waals surface area contributed by atoms with E-state index in [-0.39, 0.29) is 0 Å². The van der Waals surface area contributed by atoms with Crippen LogP contribution in [0.4, 0.5) is 5.69 Å². The minimum atomic E-state index is 0.657. The Morgan fingerprint density at radius 2 is 1.83 bits per heavy atom. The quantitative estimate of drug-likeness (QED) is 0.524. The maximum atomic E-state index is 6.52. The highest BCUT2D eigenvalue weighted by Gasteiger charge is 2.14. The van der Waals surface area contributed by atoms with Gasteiger partial charge in [0.05, 0.1) is 31.2 Å². The molecular formula is C23H26ClN3O2S. The third-order valence-corrected chi connectivity index (χ3v) is 6.26. The lowest BCUT2D eigenvalue weighted by atomic mass is 10.2. The summed E-state index contributed by atoms with van der Waals surface area (Å²) in [7, 11) is 0. The Balaban J connectivity index is 1.67. The smallest absolute Gasteiger partial charge is 0.190 e. The van der Waals surface area contributed by atoms with E-state index in [0.717, 1.165) is 71.9 Å². The lowest BCUT2D eigenvalue weighted by molar-refractivity contribution is 0.0363. The molecule has 0 saturated carbocycles. The van der Waals surface area contributed by atoms with Gasteiger partial charge in [0, 0.05) is 42.1 Å². The van der Waals surface area contributed by atoms with Gasteiger partial charge in [-0.2, -0.15) is 0 Å². The van der Waals surface area contributed by atoms with Crippen LogP contribution in [-0.2, 0) is 11.3 Å². The van der Waals surface area contributed by atoms with E-state index in [9.17, 15) is 0 Å². The average Bonchev–Trinajstić information content (AvgIpc) is 3.17. The maximum Gasteiger partial charge on any atom is 0.190 e. The van der Waals surface area contributed by atoms with Crippen LogP contribution in [0.15, 0.2) is 58.9 Å². The Hall–Kier alpha value is -2.12. The van der Waals surface area contributed by atoms with Crippen molar-refractivity contribution in [1.29, 1.82) is 0 Å². The van der Waals surface area contributed by atoms with Crippen LogP contribution in [0.25, 0.3) is 11.3 Å². The number of morpholine rings is 1. The summed E-state index contributed by atoms with van der Waals surface area (Å²) >= 11 is 8.15. The number of ether oxygens (including phenoxy) is 2. The van der Waals surface area contributed by atoms with Gasteiger partial charge < -0.3 is 14.0 Å². The van der Waals surface area contributed by atoms with Crippen molar-refractivity contribution in [2.75, 3.05) is 39.5 Å². The second-order valence-electron chi connectivity index (χ2n) is 7.03. The molecule has 0 amide bonds. The van der Waals surface area contributed by atoms with Gasteiger partial charge in [-0.15, -0.1) is 11.3 Å². The molecule has 1 aromatic heterocycles. The normalized spacial score (nSPS) is 15.5. The summed E-state index contributed by atoms with van der Waals surface area (Å²) < 4.78 is 13.3. The van der Waals surface area contributed by atoms with Crippen molar-refractivity contribution in [3.05, 3.63) is 63.7 Å². The number of hydrogen-bond donors (Lipinski definition) is 0. The molecule has 1 aliphatic heterocycles. The first-order chi connectivity index (χ1) is 14.7. The van der Waals surface area contributed by atoms with Crippen molar-refractivity contribution in [3.8, 4) is 17.0 Å². The van der Waals surface area contributed by atoms with Crippen molar-refractivity contribution in [1.82, 2.24) is 9.47 Å². The number of rotatable bonds is 7. The minimum Gasteiger partial charge on any atom is -0.494 e.